The average Bonchev–Trinajstić information content (AvgIpc) is 2.62. The summed E-state index contributed by atoms with van der Waals surface area (Å²) in [5.41, 5.74) is 1.33. The van der Waals surface area contributed by atoms with E-state index in [1.54, 1.807) is 31.2 Å². The first-order valence-corrected chi connectivity index (χ1v) is 8.49. The van der Waals surface area contributed by atoms with Crippen molar-refractivity contribution < 1.29 is 28.9 Å². The standard InChI is InChI=1S/C20H22FNO5/c1-12(9-10-23)19(15-5-8-18(25)17(21)11-15)27-20(26)22-16-6-3-14(4-7-16)13(2)24/h3-8,11-12,19,23,25H,9-10H2,1-2H3,(H,22,26)/t12-,19-/m1/s1. The molecular weight excluding hydrogens is 353 g/mol. The van der Waals surface area contributed by atoms with Crippen LogP contribution in [0.15, 0.2) is 42.5 Å². The molecule has 1 amide bonds. The molecule has 0 aromatic heterocycles. The van der Waals surface area contributed by atoms with E-state index in [1.165, 1.54) is 19.1 Å². The molecule has 7 heteroatoms. The normalized spacial score (nSPS) is 12.9. The van der Waals surface area contributed by atoms with Gasteiger partial charge in [-0.15, -0.1) is 0 Å². The Morgan fingerprint density at radius 2 is 1.85 bits per heavy atom. The van der Waals surface area contributed by atoms with Crippen molar-refractivity contribution in [3.63, 3.8) is 0 Å². The molecule has 0 saturated heterocycles. The highest BCUT2D eigenvalue weighted by Crippen LogP contribution is 2.31. The summed E-state index contributed by atoms with van der Waals surface area (Å²) >= 11 is 0. The van der Waals surface area contributed by atoms with Crippen LogP contribution < -0.4 is 5.32 Å². The molecule has 0 heterocycles. The number of halogens is 1. The van der Waals surface area contributed by atoms with Gasteiger partial charge in [0.05, 0.1) is 0 Å². The first-order chi connectivity index (χ1) is 12.8. The predicted octanol–water partition coefficient (Wildman–Crippen LogP) is 4.04. The third-order valence-electron chi connectivity index (χ3n) is 4.17. The predicted molar refractivity (Wildman–Crippen MR) is 98.2 cm³/mol. The lowest BCUT2D eigenvalue weighted by atomic mass is 9.94. The number of nitrogens with one attached hydrogen (secondary N) is 1. The van der Waals surface area contributed by atoms with Crippen molar-refractivity contribution in [2.45, 2.75) is 26.4 Å². The lowest BCUT2D eigenvalue weighted by Gasteiger charge is -2.24. The maximum absolute atomic E-state index is 13.7. The topological polar surface area (TPSA) is 95.9 Å². The van der Waals surface area contributed by atoms with Crippen LogP contribution in [-0.4, -0.2) is 28.7 Å². The lowest BCUT2D eigenvalue weighted by Crippen LogP contribution is -2.22. The van der Waals surface area contributed by atoms with Crippen LogP contribution in [0, 0.1) is 11.7 Å². The summed E-state index contributed by atoms with van der Waals surface area (Å²) < 4.78 is 19.1. The molecule has 0 bridgehead atoms. The monoisotopic (exact) mass is 375 g/mol. The van der Waals surface area contributed by atoms with Gasteiger partial charge in [0, 0.05) is 17.9 Å². The molecule has 0 saturated carbocycles. The number of carbonyl (C=O) groups is 2. The minimum Gasteiger partial charge on any atom is -0.505 e. The van der Waals surface area contributed by atoms with Crippen molar-refractivity contribution in [1.82, 2.24) is 0 Å². The number of aliphatic hydroxyl groups excluding tert-OH is 1. The highest BCUT2D eigenvalue weighted by molar-refractivity contribution is 5.94. The third kappa shape index (κ3) is 5.52. The zero-order valence-corrected chi connectivity index (χ0v) is 15.1. The van der Waals surface area contributed by atoms with Crippen molar-refractivity contribution in [2.24, 2.45) is 5.92 Å². The zero-order valence-electron chi connectivity index (χ0n) is 15.1. The SMILES string of the molecule is CC(=O)c1ccc(NC(=O)O[C@@H](c2ccc(O)c(F)c2)[C@H](C)CCO)cc1. The Morgan fingerprint density at radius 1 is 1.19 bits per heavy atom. The fraction of sp³-hybridized carbons (Fsp3) is 0.300. The number of ether oxygens (including phenoxy) is 1. The van der Waals surface area contributed by atoms with Crippen LogP contribution in [0.3, 0.4) is 0 Å². The molecule has 2 aromatic rings. The number of hydrogen-bond donors (Lipinski definition) is 3. The van der Waals surface area contributed by atoms with E-state index >= 15 is 0 Å². The van der Waals surface area contributed by atoms with Crippen LogP contribution in [0.1, 0.15) is 42.3 Å². The fourth-order valence-electron chi connectivity index (χ4n) is 2.62. The van der Waals surface area contributed by atoms with E-state index in [9.17, 15) is 24.2 Å². The number of hydrogen-bond acceptors (Lipinski definition) is 5. The van der Waals surface area contributed by atoms with Gasteiger partial charge in [0.1, 0.15) is 6.10 Å². The molecule has 0 aliphatic heterocycles. The van der Waals surface area contributed by atoms with E-state index in [4.69, 9.17) is 4.74 Å². The molecule has 6 nitrogen and oxygen atoms in total. The Kier molecular flexibility index (Phi) is 6.90. The molecule has 0 aliphatic rings. The number of benzene rings is 2. The van der Waals surface area contributed by atoms with Crippen LogP contribution in [0.5, 0.6) is 5.75 Å². The Hall–Kier alpha value is -2.93. The second-order valence-corrected chi connectivity index (χ2v) is 6.28. The number of amides is 1. The zero-order chi connectivity index (χ0) is 20.0. The van der Waals surface area contributed by atoms with E-state index in [0.29, 0.717) is 23.2 Å². The summed E-state index contributed by atoms with van der Waals surface area (Å²) in [4.78, 5) is 23.6. The molecule has 0 spiro atoms. The summed E-state index contributed by atoms with van der Waals surface area (Å²) in [6, 6.07) is 10.1. The van der Waals surface area contributed by atoms with E-state index in [0.717, 1.165) is 6.07 Å². The van der Waals surface area contributed by atoms with Gasteiger partial charge in [-0.25, -0.2) is 9.18 Å². The number of ketones is 1. The molecule has 0 fully saturated rings. The van der Waals surface area contributed by atoms with Crippen molar-refractivity contribution >= 4 is 17.6 Å². The van der Waals surface area contributed by atoms with Crippen molar-refractivity contribution in [2.75, 3.05) is 11.9 Å². The first-order valence-electron chi connectivity index (χ1n) is 8.49. The highest BCUT2D eigenvalue weighted by atomic mass is 19.1. The number of anilines is 1. The van der Waals surface area contributed by atoms with Gasteiger partial charge in [-0.1, -0.05) is 13.0 Å². The van der Waals surface area contributed by atoms with Gasteiger partial charge in [-0.2, -0.15) is 0 Å². The summed E-state index contributed by atoms with van der Waals surface area (Å²) in [6.45, 7) is 3.09. The van der Waals surface area contributed by atoms with Crippen LogP contribution >= 0.6 is 0 Å². The van der Waals surface area contributed by atoms with E-state index < -0.39 is 23.8 Å². The van der Waals surface area contributed by atoms with E-state index in [2.05, 4.69) is 5.32 Å². The van der Waals surface area contributed by atoms with Crippen LogP contribution in [0.25, 0.3) is 0 Å². The number of Topliss-reactive ketones (excluding diaryl/α,β-unsaturated/α-hetero) is 1. The number of phenols is 1. The van der Waals surface area contributed by atoms with Gasteiger partial charge in [0.25, 0.3) is 0 Å². The van der Waals surface area contributed by atoms with Crippen LogP contribution in [0.2, 0.25) is 0 Å². The van der Waals surface area contributed by atoms with E-state index in [-0.39, 0.29) is 18.3 Å². The number of rotatable bonds is 7. The summed E-state index contributed by atoms with van der Waals surface area (Å²) in [5, 5.41) is 21.1. The first kappa shape index (κ1) is 20.4. The Balaban J connectivity index is 2.14. The van der Waals surface area contributed by atoms with Gasteiger partial charge in [-0.05, 0) is 61.2 Å². The van der Waals surface area contributed by atoms with Crippen molar-refractivity contribution in [3.8, 4) is 5.75 Å². The second kappa shape index (κ2) is 9.14. The molecule has 144 valence electrons. The second-order valence-electron chi connectivity index (χ2n) is 6.28. The summed E-state index contributed by atoms with van der Waals surface area (Å²) in [6.07, 6.45) is -1.23. The van der Waals surface area contributed by atoms with Crippen LogP contribution in [0.4, 0.5) is 14.9 Å². The minimum absolute atomic E-state index is 0.0867. The average molecular weight is 375 g/mol. The van der Waals surface area contributed by atoms with Gasteiger partial charge >= 0.3 is 6.09 Å². The van der Waals surface area contributed by atoms with Crippen molar-refractivity contribution in [3.05, 3.63) is 59.4 Å². The molecule has 2 atom stereocenters. The molecule has 2 aromatic carbocycles. The Bertz CT molecular complexity index is 807. The molecule has 2 rings (SSSR count). The lowest BCUT2D eigenvalue weighted by molar-refractivity contribution is 0.0665. The number of carbonyl (C=O) groups excluding carboxylic acids is 2. The molecular formula is C20H22FNO5. The fourth-order valence-corrected chi connectivity index (χ4v) is 2.62. The van der Waals surface area contributed by atoms with Gasteiger partial charge < -0.3 is 14.9 Å². The van der Waals surface area contributed by atoms with Crippen molar-refractivity contribution in [1.29, 1.82) is 0 Å². The number of aliphatic hydroxyl groups is 1. The quantitative estimate of drug-likeness (QED) is 0.635. The number of phenolic OH excluding ortho intramolecular Hbond substituents is 1. The smallest absolute Gasteiger partial charge is 0.412 e. The minimum atomic E-state index is -0.822. The molecule has 0 unspecified atom stereocenters. The maximum atomic E-state index is 13.7. The van der Waals surface area contributed by atoms with Gasteiger partial charge in [0.2, 0.25) is 0 Å². The van der Waals surface area contributed by atoms with Gasteiger partial charge in [0.15, 0.2) is 17.3 Å². The Labute approximate surface area is 156 Å². The third-order valence-corrected chi connectivity index (χ3v) is 4.17. The summed E-state index contributed by atoms with van der Waals surface area (Å²) in [5.74, 6) is -1.69. The molecule has 27 heavy (non-hydrogen) atoms. The highest BCUT2D eigenvalue weighted by Gasteiger charge is 2.24. The molecule has 0 aliphatic carbocycles. The maximum Gasteiger partial charge on any atom is 0.412 e. The largest absolute Gasteiger partial charge is 0.505 e. The van der Waals surface area contributed by atoms with Crippen LogP contribution in [-0.2, 0) is 4.74 Å². The Morgan fingerprint density at radius 3 is 2.41 bits per heavy atom. The number of aromatic hydroxyl groups is 1. The van der Waals surface area contributed by atoms with E-state index in [1.807, 2.05) is 0 Å². The summed E-state index contributed by atoms with van der Waals surface area (Å²) in [7, 11) is 0. The molecule has 0 radical (unpaired) electrons. The van der Waals surface area contributed by atoms with Gasteiger partial charge in [-0.3, -0.25) is 10.1 Å². The molecule has 3 N–H and O–H groups in total.